The fourth-order valence-corrected chi connectivity index (χ4v) is 7.60. The Morgan fingerprint density at radius 2 is 1.89 bits per heavy atom. The first kappa shape index (κ1) is 19.2. The third-order valence-electron chi connectivity index (χ3n) is 9.03. The monoisotopic (exact) mass is 378 g/mol. The Bertz CT molecular complexity index is 703. The largest absolute Gasteiger partial charge is 0.393 e. The molecule has 4 fully saturated rings. The lowest BCUT2D eigenvalue weighted by atomic mass is 9.43. The summed E-state index contributed by atoms with van der Waals surface area (Å²) in [6, 6.07) is 0. The lowest BCUT2D eigenvalue weighted by molar-refractivity contribution is -0.199. The molecule has 0 bridgehead atoms. The molecular weight excluding hydrogens is 348 g/mol. The van der Waals surface area contributed by atoms with E-state index in [1.54, 1.807) is 0 Å². The number of Topliss-reactive ketones (excluding diaryl/α,β-unsaturated/α-hetero) is 3. The van der Waals surface area contributed by atoms with Gasteiger partial charge in [-0.05, 0) is 49.9 Å². The van der Waals surface area contributed by atoms with Crippen LogP contribution in [-0.2, 0) is 14.4 Å². The molecule has 0 aromatic rings. The molecule has 4 rings (SSSR count). The molecule has 0 amide bonds. The van der Waals surface area contributed by atoms with Crippen molar-refractivity contribution in [3.05, 3.63) is 0 Å². The molecule has 0 radical (unpaired) electrons. The molecule has 0 aromatic carbocycles. The van der Waals surface area contributed by atoms with Gasteiger partial charge >= 0.3 is 0 Å². The highest BCUT2D eigenvalue weighted by Gasteiger charge is 2.69. The van der Waals surface area contributed by atoms with Crippen LogP contribution in [-0.4, -0.2) is 51.0 Å². The van der Waals surface area contributed by atoms with Gasteiger partial charge in [-0.2, -0.15) is 0 Å². The van der Waals surface area contributed by atoms with Gasteiger partial charge in [-0.3, -0.25) is 14.4 Å². The van der Waals surface area contributed by atoms with E-state index in [1.807, 2.05) is 13.8 Å². The minimum atomic E-state index is -1.62. The van der Waals surface area contributed by atoms with Crippen LogP contribution in [0.5, 0.6) is 0 Å². The predicted octanol–water partition coefficient (Wildman–Crippen LogP) is 1.04. The number of rotatable bonds is 2. The first-order valence-corrected chi connectivity index (χ1v) is 10.2. The number of ketones is 3. The van der Waals surface area contributed by atoms with Crippen LogP contribution < -0.4 is 0 Å². The molecule has 8 atom stereocenters. The van der Waals surface area contributed by atoms with Crippen LogP contribution in [0, 0.1) is 34.5 Å². The van der Waals surface area contributed by atoms with E-state index in [2.05, 4.69) is 0 Å². The fraction of sp³-hybridized carbons (Fsp3) is 0.857. The Hall–Kier alpha value is -1.11. The Morgan fingerprint density at radius 3 is 2.56 bits per heavy atom. The van der Waals surface area contributed by atoms with Gasteiger partial charge in [0.25, 0.3) is 0 Å². The molecule has 27 heavy (non-hydrogen) atoms. The third-order valence-corrected chi connectivity index (χ3v) is 9.03. The van der Waals surface area contributed by atoms with Gasteiger partial charge in [-0.1, -0.05) is 13.8 Å². The summed E-state index contributed by atoms with van der Waals surface area (Å²) in [7, 11) is 0. The summed E-state index contributed by atoms with van der Waals surface area (Å²) >= 11 is 0. The summed E-state index contributed by atoms with van der Waals surface area (Å²) in [5, 5.41) is 31.7. The van der Waals surface area contributed by atoms with Crippen LogP contribution in [0.2, 0.25) is 0 Å². The fourth-order valence-electron chi connectivity index (χ4n) is 7.60. The lowest BCUT2D eigenvalue weighted by Crippen LogP contribution is -2.64. The van der Waals surface area contributed by atoms with Crippen LogP contribution in [0.4, 0.5) is 0 Å². The second-order valence-corrected chi connectivity index (χ2v) is 9.87. The van der Waals surface area contributed by atoms with Crippen LogP contribution in [0.3, 0.4) is 0 Å². The molecule has 0 heterocycles. The van der Waals surface area contributed by atoms with Gasteiger partial charge in [-0.25, -0.2) is 0 Å². The average molecular weight is 378 g/mol. The number of carbonyl (C=O) groups is 3. The van der Waals surface area contributed by atoms with E-state index in [-0.39, 0.29) is 54.5 Å². The molecule has 3 N–H and O–H groups in total. The summed E-state index contributed by atoms with van der Waals surface area (Å²) in [4.78, 5) is 37.3. The number of hydrogen-bond acceptors (Lipinski definition) is 6. The smallest absolute Gasteiger partial charge is 0.190 e. The van der Waals surface area contributed by atoms with Crippen LogP contribution in [0.1, 0.15) is 58.8 Å². The van der Waals surface area contributed by atoms with E-state index in [1.165, 1.54) is 0 Å². The normalized spacial score (nSPS) is 52.1. The molecule has 6 heteroatoms. The van der Waals surface area contributed by atoms with Gasteiger partial charge in [0.05, 0.1) is 12.5 Å². The number of hydrogen-bond donors (Lipinski definition) is 3. The molecule has 4 aliphatic rings. The van der Waals surface area contributed by atoms with Crippen molar-refractivity contribution in [2.24, 2.45) is 34.5 Å². The molecular formula is C21H30O6. The third kappa shape index (κ3) is 2.26. The molecule has 1 unspecified atom stereocenters. The van der Waals surface area contributed by atoms with E-state index in [4.69, 9.17) is 0 Å². The minimum Gasteiger partial charge on any atom is -0.393 e. The van der Waals surface area contributed by atoms with Crippen molar-refractivity contribution in [1.82, 2.24) is 0 Å². The zero-order valence-corrected chi connectivity index (χ0v) is 16.1. The maximum atomic E-state index is 12.9. The van der Waals surface area contributed by atoms with Crippen molar-refractivity contribution >= 4 is 17.3 Å². The number of fused-ring (bicyclic) bond motifs is 5. The minimum absolute atomic E-state index is 0.000142. The molecule has 150 valence electrons. The maximum Gasteiger partial charge on any atom is 0.190 e. The van der Waals surface area contributed by atoms with Crippen molar-refractivity contribution in [2.45, 2.75) is 70.5 Å². The first-order valence-electron chi connectivity index (χ1n) is 10.2. The Balaban J connectivity index is 1.74. The van der Waals surface area contributed by atoms with Crippen molar-refractivity contribution < 1.29 is 29.7 Å². The van der Waals surface area contributed by atoms with E-state index in [0.717, 1.165) is 12.8 Å². The highest BCUT2D eigenvalue weighted by molar-refractivity contribution is 6.04. The molecule has 0 saturated heterocycles. The van der Waals surface area contributed by atoms with Crippen molar-refractivity contribution in [1.29, 1.82) is 0 Å². The number of aliphatic hydroxyl groups excluding tert-OH is 2. The van der Waals surface area contributed by atoms with Gasteiger partial charge in [0.15, 0.2) is 5.78 Å². The zero-order valence-electron chi connectivity index (χ0n) is 16.1. The Kier molecular flexibility index (Phi) is 4.23. The van der Waals surface area contributed by atoms with Crippen molar-refractivity contribution in [2.75, 3.05) is 6.61 Å². The van der Waals surface area contributed by atoms with E-state index >= 15 is 0 Å². The highest BCUT2D eigenvalue weighted by Crippen LogP contribution is 2.67. The molecule has 0 aliphatic heterocycles. The van der Waals surface area contributed by atoms with Gasteiger partial charge in [0, 0.05) is 23.2 Å². The molecule has 0 aromatic heterocycles. The summed E-state index contributed by atoms with van der Waals surface area (Å²) < 4.78 is 0. The summed E-state index contributed by atoms with van der Waals surface area (Å²) in [5.74, 6) is -0.822. The standard InChI is InChI=1S/C21H30O6/c1-19-9-15(24)18-13(14(19)5-6-21(19,27)17(26)10-22)4-3-11-7-12(23)8-16(25)20(11,18)2/h11,13-15,18,22,24,27H,3-10H2,1-2H3/t11?,13-,14-,15-,18+,19-,20+,21-/m0/s1. The second-order valence-electron chi connectivity index (χ2n) is 9.87. The summed E-state index contributed by atoms with van der Waals surface area (Å²) in [6.45, 7) is 3.08. The van der Waals surface area contributed by atoms with Gasteiger partial charge < -0.3 is 15.3 Å². The number of aliphatic hydroxyl groups is 3. The van der Waals surface area contributed by atoms with Crippen molar-refractivity contribution in [3.8, 4) is 0 Å². The average Bonchev–Trinajstić information content (AvgIpc) is 2.87. The molecule has 0 spiro atoms. The van der Waals surface area contributed by atoms with E-state index in [9.17, 15) is 29.7 Å². The van der Waals surface area contributed by atoms with E-state index < -0.39 is 34.9 Å². The summed E-state index contributed by atoms with van der Waals surface area (Å²) in [6.07, 6.45) is 2.30. The SMILES string of the molecule is C[C@]12C(=O)CC(=O)CC1CC[C@@H]1[C@@H]2[C@@H](O)C[C@@]2(C)[C@H]1CC[C@]2(O)C(=O)CO. The van der Waals surface area contributed by atoms with Crippen LogP contribution in [0.25, 0.3) is 0 Å². The molecule has 4 saturated carbocycles. The van der Waals surface area contributed by atoms with Gasteiger partial charge in [0.2, 0.25) is 0 Å². The molecule has 4 aliphatic carbocycles. The summed E-state index contributed by atoms with van der Waals surface area (Å²) in [5.41, 5.74) is -3.13. The number of carbonyl (C=O) groups excluding carboxylic acids is 3. The van der Waals surface area contributed by atoms with Gasteiger partial charge in [0.1, 0.15) is 23.8 Å². The van der Waals surface area contributed by atoms with Crippen molar-refractivity contribution in [3.63, 3.8) is 0 Å². The second kappa shape index (κ2) is 5.94. The first-order chi connectivity index (χ1) is 12.6. The lowest BCUT2D eigenvalue weighted by Gasteiger charge is -2.61. The van der Waals surface area contributed by atoms with E-state index in [0.29, 0.717) is 12.8 Å². The zero-order chi connectivity index (χ0) is 19.8. The quantitative estimate of drug-likeness (QED) is 0.619. The molecule has 6 nitrogen and oxygen atoms in total. The Morgan fingerprint density at radius 1 is 1.19 bits per heavy atom. The Labute approximate surface area is 159 Å². The highest BCUT2D eigenvalue weighted by atomic mass is 16.3. The predicted molar refractivity (Wildman–Crippen MR) is 95.6 cm³/mol. The maximum absolute atomic E-state index is 12.9. The van der Waals surface area contributed by atoms with Gasteiger partial charge in [-0.15, -0.1) is 0 Å². The van der Waals surface area contributed by atoms with Crippen LogP contribution in [0.15, 0.2) is 0 Å². The van der Waals surface area contributed by atoms with Crippen LogP contribution >= 0.6 is 0 Å². The topological polar surface area (TPSA) is 112 Å².